The highest BCUT2D eigenvalue weighted by molar-refractivity contribution is 6.05. The molecule has 0 aromatic carbocycles. The number of nitrogens with zero attached hydrogens (tertiary/aromatic N) is 1. The van der Waals surface area contributed by atoms with Gasteiger partial charge in [0.05, 0.1) is 5.70 Å². The minimum Gasteiger partial charge on any atom is -0.345 e. The maximum absolute atomic E-state index is 11.1. The van der Waals surface area contributed by atoms with Crippen LogP contribution in [0.2, 0.25) is 0 Å². The van der Waals surface area contributed by atoms with E-state index in [1.807, 2.05) is 12.3 Å². The van der Waals surface area contributed by atoms with Gasteiger partial charge < -0.3 is 10.6 Å². The van der Waals surface area contributed by atoms with Crippen molar-refractivity contribution in [2.75, 3.05) is 6.54 Å². The number of allylic oxidation sites excluding steroid dienone is 2. The van der Waals surface area contributed by atoms with Gasteiger partial charge >= 0.3 is 0 Å². The lowest BCUT2D eigenvalue weighted by Crippen LogP contribution is -2.38. The van der Waals surface area contributed by atoms with E-state index in [2.05, 4.69) is 22.5 Å². The van der Waals surface area contributed by atoms with Crippen molar-refractivity contribution in [2.45, 2.75) is 19.8 Å². The molecule has 0 unspecified atom stereocenters. The Hall–Kier alpha value is -1.58. The second-order valence-corrected chi connectivity index (χ2v) is 3.34. The van der Waals surface area contributed by atoms with Crippen LogP contribution in [0.4, 0.5) is 0 Å². The summed E-state index contributed by atoms with van der Waals surface area (Å²) in [5, 5.41) is 5.91. The lowest BCUT2D eigenvalue weighted by Gasteiger charge is -2.15. The first-order valence-corrected chi connectivity index (χ1v) is 4.79. The average Bonchev–Trinajstić information content (AvgIpc) is 2.39. The highest BCUT2D eigenvalue weighted by Gasteiger charge is 2.17. The van der Waals surface area contributed by atoms with Crippen LogP contribution in [0.15, 0.2) is 28.5 Å². The van der Waals surface area contributed by atoms with Gasteiger partial charge in [0.15, 0.2) is 0 Å². The van der Waals surface area contributed by atoms with E-state index in [0.717, 1.165) is 24.4 Å². The summed E-state index contributed by atoms with van der Waals surface area (Å²) < 4.78 is 0. The molecule has 2 N–H and O–H groups in total. The minimum atomic E-state index is -0.0400. The Balaban J connectivity index is 2.24. The molecule has 0 bridgehead atoms. The van der Waals surface area contributed by atoms with Crippen LogP contribution in [0.25, 0.3) is 0 Å². The number of aliphatic imine (C=N–C) groups is 1. The molecule has 2 rings (SSSR count). The molecule has 4 nitrogen and oxygen atoms in total. The molecule has 0 saturated carbocycles. The summed E-state index contributed by atoms with van der Waals surface area (Å²) in [5.41, 5.74) is 2.12. The van der Waals surface area contributed by atoms with Crippen LogP contribution in [-0.4, -0.2) is 18.3 Å². The van der Waals surface area contributed by atoms with Gasteiger partial charge in [0.2, 0.25) is 5.91 Å². The molecule has 4 heteroatoms. The Morgan fingerprint density at radius 1 is 1.57 bits per heavy atom. The Bertz CT molecular complexity index is 352. The number of hydrogen-bond acceptors (Lipinski definition) is 3. The van der Waals surface area contributed by atoms with Crippen molar-refractivity contribution in [3.8, 4) is 0 Å². The predicted molar refractivity (Wildman–Crippen MR) is 54.7 cm³/mol. The van der Waals surface area contributed by atoms with E-state index in [-0.39, 0.29) is 12.5 Å². The van der Waals surface area contributed by atoms with Crippen molar-refractivity contribution in [1.29, 1.82) is 0 Å². The topological polar surface area (TPSA) is 53.5 Å². The van der Waals surface area contributed by atoms with E-state index in [0.29, 0.717) is 0 Å². The number of rotatable bonds is 1. The molecule has 2 heterocycles. The minimum absolute atomic E-state index is 0.0400. The quantitative estimate of drug-likeness (QED) is 0.640. The van der Waals surface area contributed by atoms with Crippen molar-refractivity contribution >= 4 is 11.7 Å². The van der Waals surface area contributed by atoms with E-state index >= 15 is 0 Å². The van der Waals surface area contributed by atoms with Crippen LogP contribution in [0.5, 0.6) is 0 Å². The van der Waals surface area contributed by atoms with Gasteiger partial charge in [-0.1, -0.05) is 18.6 Å². The van der Waals surface area contributed by atoms with Crippen molar-refractivity contribution in [3.05, 3.63) is 23.5 Å². The third kappa shape index (κ3) is 1.69. The van der Waals surface area contributed by atoms with Gasteiger partial charge in [-0.2, -0.15) is 0 Å². The fourth-order valence-corrected chi connectivity index (χ4v) is 1.46. The predicted octanol–water partition coefficient (Wildman–Crippen LogP) is 0.686. The molecule has 2 aliphatic rings. The molecule has 1 amide bonds. The van der Waals surface area contributed by atoms with Gasteiger partial charge in [-0.05, 0) is 12.8 Å². The first-order valence-electron chi connectivity index (χ1n) is 4.79. The molecular formula is C10H13N3O. The van der Waals surface area contributed by atoms with Crippen molar-refractivity contribution in [3.63, 3.8) is 0 Å². The Morgan fingerprint density at radius 2 is 2.43 bits per heavy atom. The van der Waals surface area contributed by atoms with Crippen LogP contribution in [-0.2, 0) is 4.79 Å². The lowest BCUT2D eigenvalue weighted by molar-refractivity contribution is -0.119. The maximum Gasteiger partial charge on any atom is 0.246 e. The van der Waals surface area contributed by atoms with Crippen LogP contribution in [0.1, 0.15) is 19.8 Å². The molecule has 14 heavy (non-hydrogen) atoms. The zero-order chi connectivity index (χ0) is 9.97. The van der Waals surface area contributed by atoms with Crippen molar-refractivity contribution < 1.29 is 4.79 Å². The number of hydrogen-bond donors (Lipinski definition) is 2. The third-order valence-corrected chi connectivity index (χ3v) is 2.35. The fraction of sp³-hybridized carbons (Fsp3) is 0.400. The number of fused-ring (bicyclic) bond motifs is 1. The number of carbonyl (C=O) groups excluding carboxylic acids is 1. The summed E-state index contributed by atoms with van der Waals surface area (Å²) in [6.07, 6.45) is 5.86. The largest absolute Gasteiger partial charge is 0.345 e. The zero-order valence-corrected chi connectivity index (χ0v) is 8.13. The van der Waals surface area contributed by atoms with Gasteiger partial charge in [0.25, 0.3) is 0 Å². The molecule has 0 fully saturated rings. The van der Waals surface area contributed by atoms with Gasteiger partial charge in [-0.15, -0.1) is 0 Å². The Labute approximate surface area is 82.8 Å². The van der Waals surface area contributed by atoms with Gasteiger partial charge in [-0.3, -0.25) is 9.79 Å². The monoisotopic (exact) mass is 191 g/mol. The maximum atomic E-state index is 11.1. The van der Waals surface area contributed by atoms with Gasteiger partial charge in [0.1, 0.15) is 12.4 Å². The number of nitrogens with one attached hydrogen (secondary N) is 2. The molecule has 0 radical (unpaired) electrons. The standard InChI is InChI=1S/C10H13N3O/c1-2-7-3-4-8-10(11-5-7)12-6-9(14)13-8/h4-5H,2-3,6H2,1H3,(H,11,12)(H,13,14). The first-order chi connectivity index (χ1) is 6.79. The van der Waals surface area contributed by atoms with Gasteiger partial charge in [0, 0.05) is 6.20 Å². The van der Waals surface area contributed by atoms with Crippen molar-refractivity contribution in [1.82, 2.24) is 10.6 Å². The van der Waals surface area contributed by atoms with E-state index in [4.69, 9.17) is 0 Å². The van der Waals surface area contributed by atoms with Crippen LogP contribution < -0.4 is 10.6 Å². The summed E-state index contributed by atoms with van der Waals surface area (Å²) in [7, 11) is 0. The Kier molecular flexibility index (Phi) is 2.35. The molecular weight excluding hydrogens is 178 g/mol. The molecule has 0 atom stereocenters. The van der Waals surface area contributed by atoms with E-state index < -0.39 is 0 Å². The van der Waals surface area contributed by atoms with Crippen molar-refractivity contribution in [2.24, 2.45) is 4.99 Å². The Morgan fingerprint density at radius 3 is 3.21 bits per heavy atom. The summed E-state index contributed by atoms with van der Waals surface area (Å²) in [6.45, 7) is 2.33. The summed E-state index contributed by atoms with van der Waals surface area (Å²) in [5.74, 6) is 0.731. The second-order valence-electron chi connectivity index (χ2n) is 3.34. The lowest BCUT2D eigenvalue weighted by atomic mass is 10.1. The SMILES string of the molecule is CCC1=CNC2=NCC(=O)NC2=CC1. The number of amidine groups is 1. The highest BCUT2D eigenvalue weighted by Crippen LogP contribution is 2.12. The highest BCUT2D eigenvalue weighted by atomic mass is 16.2. The summed E-state index contributed by atoms with van der Waals surface area (Å²) >= 11 is 0. The van der Waals surface area contributed by atoms with E-state index in [1.54, 1.807) is 0 Å². The third-order valence-electron chi connectivity index (χ3n) is 2.35. The smallest absolute Gasteiger partial charge is 0.246 e. The summed E-state index contributed by atoms with van der Waals surface area (Å²) in [6, 6.07) is 0. The zero-order valence-electron chi connectivity index (χ0n) is 8.13. The normalized spacial score (nSPS) is 20.6. The molecule has 0 spiro atoms. The van der Waals surface area contributed by atoms with Gasteiger partial charge in [-0.25, -0.2) is 0 Å². The molecule has 0 aromatic rings. The van der Waals surface area contributed by atoms with Crippen LogP contribution in [0.3, 0.4) is 0 Å². The van der Waals surface area contributed by atoms with E-state index in [1.165, 1.54) is 5.57 Å². The fourth-order valence-electron chi connectivity index (χ4n) is 1.46. The molecule has 0 saturated heterocycles. The molecule has 0 aromatic heterocycles. The van der Waals surface area contributed by atoms with Crippen LogP contribution in [0, 0.1) is 0 Å². The molecule has 2 aliphatic heterocycles. The second kappa shape index (κ2) is 3.65. The van der Waals surface area contributed by atoms with E-state index in [9.17, 15) is 4.79 Å². The average molecular weight is 191 g/mol. The van der Waals surface area contributed by atoms with Crippen LogP contribution >= 0.6 is 0 Å². The molecule has 0 aliphatic carbocycles. The summed E-state index contributed by atoms with van der Waals surface area (Å²) in [4.78, 5) is 15.2. The first kappa shape index (κ1) is 8.99. The number of amides is 1. The number of carbonyl (C=O) groups is 1. The molecule has 74 valence electrons.